The fourth-order valence-corrected chi connectivity index (χ4v) is 5.19. The highest BCUT2D eigenvalue weighted by molar-refractivity contribution is 7.92. The third kappa shape index (κ3) is 5.30. The average molecular weight is 458 g/mol. The summed E-state index contributed by atoms with van der Waals surface area (Å²) in [7, 11) is -3.80. The van der Waals surface area contributed by atoms with Crippen LogP contribution in [0, 0.1) is 13.8 Å². The molecule has 2 amide bonds. The molecule has 0 bridgehead atoms. The normalized spacial score (nSPS) is 17.1. The average Bonchev–Trinajstić information content (AvgIpc) is 3.22. The molecule has 1 saturated heterocycles. The molecule has 0 unspecified atom stereocenters. The van der Waals surface area contributed by atoms with Gasteiger partial charge in [-0.05, 0) is 69.9 Å². The zero-order valence-corrected chi connectivity index (χ0v) is 19.8. The van der Waals surface area contributed by atoms with Gasteiger partial charge in [-0.1, -0.05) is 30.7 Å². The third-order valence-corrected chi connectivity index (χ3v) is 7.34. The number of nitrogens with zero attached hydrogens (tertiary/aromatic N) is 1. The molecule has 0 aromatic heterocycles. The number of amides is 2. The maximum absolute atomic E-state index is 13.2. The molecule has 0 spiro atoms. The van der Waals surface area contributed by atoms with E-state index < -0.39 is 16.1 Å². The summed E-state index contributed by atoms with van der Waals surface area (Å²) in [4.78, 5) is 27.6. The molecule has 172 valence electrons. The van der Waals surface area contributed by atoms with E-state index in [9.17, 15) is 18.0 Å². The van der Waals surface area contributed by atoms with Crippen LogP contribution in [0.3, 0.4) is 0 Å². The molecule has 8 heteroatoms. The lowest BCUT2D eigenvalue weighted by Crippen LogP contribution is -2.48. The first-order chi connectivity index (χ1) is 15.1. The minimum absolute atomic E-state index is 0.0445. The van der Waals surface area contributed by atoms with Crippen LogP contribution < -0.4 is 10.0 Å². The summed E-state index contributed by atoms with van der Waals surface area (Å²) < 4.78 is 28.3. The molecule has 3 rings (SSSR count). The smallest absolute Gasteiger partial charge is 0.262 e. The Morgan fingerprint density at radius 3 is 2.59 bits per heavy atom. The van der Waals surface area contributed by atoms with E-state index in [1.807, 2.05) is 26.8 Å². The van der Waals surface area contributed by atoms with Gasteiger partial charge in [0.2, 0.25) is 5.91 Å². The summed E-state index contributed by atoms with van der Waals surface area (Å²) in [5.74, 6) is -0.420. The number of nitrogens with one attached hydrogen (secondary N) is 2. The first-order valence-corrected chi connectivity index (χ1v) is 12.4. The van der Waals surface area contributed by atoms with Crippen LogP contribution in [0.5, 0.6) is 0 Å². The fourth-order valence-electron chi connectivity index (χ4n) is 3.92. The Morgan fingerprint density at radius 1 is 1.16 bits per heavy atom. The summed E-state index contributed by atoms with van der Waals surface area (Å²) in [6.07, 6.45) is 2.19. The molecule has 32 heavy (non-hydrogen) atoms. The van der Waals surface area contributed by atoms with Crippen molar-refractivity contribution in [2.24, 2.45) is 0 Å². The lowest BCUT2D eigenvalue weighted by Gasteiger charge is -2.25. The molecular weight excluding hydrogens is 426 g/mol. The first kappa shape index (κ1) is 23.8. The minimum Gasteiger partial charge on any atom is -0.352 e. The fraction of sp³-hybridized carbons (Fsp3) is 0.417. The van der Waals surface area contributed by atoms with Crippen LogP contribution in [0.4, 0.5) is 5.69 Å². The number of carbonyl (C=O) groups excluding carboxylic acids is 2. The second-order valence-electron chi connectivity index (χ2n) is 8.43. The molecule has 0 saturated carbocycles. The van der Waals surface area contributed by atoms with Crippen LogP contribution in [0.15, 0.2) is 47.4 Å². The maximum Gasteiger partial charge on any atom is 0.262 e. The van der Waals surface area contributed by atoms with Crippen LogP contribution in [0.1, 0.15) is 54.6 Å². The molecule has 2 aromatic carbocycles. The van der Waals surface area contributed by atoms with Crippen LogP contribution in [-0.4, -0.2) is 43.8 Å². The van der Waals surface area contributed by atoms with E-state index in [1.165, 1.54) is 6.07 Å². The van der Waals surface area contributed by atoms with Gasteiger partial charge in [-0.15, -0.1) is 0 Å². The van der Waals surface area contributed by atoms with Crippen molar-refractivity contribution in [3.05, 3.63) is 59.2 Å². The summed E-state index contributed by atoms with van der Waals surface area (Å²) in [6.45, 7) is 8.08. The highest BCUT2D eigenvalue weighted by atomic mass is 32.2. The molecule has 7 nitrogen and oxygen atoms in total. The van der Waals surface area contributed by atoms with Gasteiger partial charge in [0.1, 0.15) is 6.04 Å². The third-order valence-electron chi connectivity index (χ3n) is 5.80. The Bertz CT molecular complexity index is 1110. The van der Waals surface area contributed by atoms with Crippen molar-refractivity contribution in [1.82, 2.24) is 10.2 Å². The van der Waals surface area contributed by atoms with Crippen molar-refractivity contribution in [2.75, 3.05) is 11.3 Å². The number of rotatable bonds is 7. The van der Waals surface area contributed by atoms with E-state index in [-0.39, 0.29) is 22.8 Å². The quantitative estimate of drug-likeness (QED) is 0.664. The van der Waals surface area contributed by atoms with Gasteiger partial charge < -0.3 is 10.2 Å². The van der Waals surface area contributed by atoms with Gasteiger partial charge in [0.05, 0.1) is 4.90 Å². The molecule has 2 N–H and O–H groups in total. The standard InChI is InChI=1S/C24H31N3O4S/c1-5-18(4)25-23(28)21-10-7-13-27(21)24(29)19-8-6-9-20(15-19)26-32(30,31)22-12-11-16(2)14-17(22)3/h6,8-9,11-12,14-15,18,21,26H,5,7,10,13H2,1-4H3,(H,25,28)/t18-,21-/m1/s1. The number of sulfonamides is 1. The maximum atomic E-state index is 13.2. The number of hydrogen-bond donors (Lipinski definition) is 2. The summed E-state index contributed by atoms with van der Waals surface area (Å²) >= 11 is 0. The first-order valence-electron chi connectivity index (χ1n) is 10.9. The van der Waals surface area contributed by atoms with Crippen LogP contribution >= 0.6 is 0 Å². The minimum atomic E-state index is -3.80. The highest BCUT2D eigenvalue weighted by Gasteiger charge is 2.35. The Balaban J connectivity index is 1.79. The van der Waals surface area contributed by atoms with E-state index in [4.69, 9.17) is 0 Å². The number of likely N-dealkylation sites (tertiary alicyclic amines) is 1. The van der Waals surface area contributed by atoms with Gasteiger partial charge in [0.15, 0.2) is 0 Å². The van der Waals surface area contributed by atoms with E-state index in [0.717, 1.165) is 18.4 Å². The van der Waals surface area contributed by atoms with E-state index in [1.54, 1.807) is 42.2 Å². The van der Waals surface area contributed by atoms with Crippen molar-refractivity contribution in [3.8, 4) is 0 Å². The lowest BCUT2D eigenvalue weighted by atomic mass is 10.1. The number of hydrogen-bond acceptors (Lipinski definition) is 4. The molecular formula is C24H31N3O4S. The Kier molecular flexibility index (Phi) is 7.23. The lowest BCUT2D eigenvalue weighted by molar-refractivity contribution is -0.125. The zero-order valence-electron chi connectivity index (χ0n) is 19.0. The number of aryl methyl sites for hydroxylation is 2. The van der Waals surface area contributed by atoms with Crippen molar-refractivity contribution < 1.29 is 18.0 Å². The molecule has 0 aliphatic carbocycles. The number of anilines is 1. The summed E-state index contributed by atoms with van der Waals surface area (Å²) in [5.41, 5.74) is 2.27. The second-order valence-corrected chi connectivity index (χ2v) is 10.1. The largest absolute Gasteiger partial charge is 0.352 e. The van der Waals surface area contributed by atoms with Gasteiger partial charge >= 0.3 is 0 Å². The topological polar surface area (TPSA) is 95.6 Å². The molecule has 0 radical (unpaired) electrons. The summed E-state index contributed by atoms with van der Waals surface area (Å²) in [5, 5.41) is 2.95. The van der Waals surface area contributed by atoms with Gasteiger partial charge in [0, 0.05) is 23.8 Å². The number of carbonyl (C=O) groups is 2. The van der Waals surface area contributed by atoms with Crippen LogP contribution in [0.2, 0.25) is 0 Å². The van der Waals surface area contributed by atoms with Gasteiger partial charge in [-0.2, -0.15) is 0 Å². The van der Waals surface area contributed by atoms with E-state index >= 15 is 0 Å². The van der Waals surface area contributed by atoms with Gasteiger partial charge in [-0.3, -0.25) is 14.3 Å². The van der Waals surface area contributed by atoms with Crippen molar-refractivity contribution >= 4 is 27.5 Å². The zero-order chi connectivity index (χ0) is 23.5. The molecule has 2 aromatic rings. The van der Waals surface area contributed by atoms with Gasteiger partial charge in [0.25, 0.3) is 15.9 Å². The van der Waals surface area contributed by atoms with Crippen molar-refractivity contribution in [3.63, 3.8) is 0 Å². The monoisotopic (exact) mass is 457 g/mol. The predicted molar refractivity (Wildman–Crippen MR) is 125 cm³/mol. The highest BCUT2D eigenvalue weighted by Crippen LogP contribution is 2.24. The summed E-state index contributed by atoms with van der Waals surface area (Å²) in [6, 6.07) is 11.1. The Hall–Kier alpha value is -2.87. The van der Waals surface area contributed by atoms with Crippen molar-refractivity contribution in [1.29, 1.82) is 0 Å². The van der Waals surface area contributed by atoms with E-state index in [2.05, 4.69) is 10.0 Å². The molecule has 1 heterocycles. The second kappa shape index (κ2) is 9.73. The molecule has 1 aliphatic heterocycles. The molecule has 1 aliphatic rings. The number of benzene rings is 2. The van der Waals surface area contributed by atoms with Crippen LogP contribution in [-0.2, 0) is 14.8 Å². The molecule has 1 fully saturated rings. The SMILES string of the molecule is CC[C@@H](C)NC(=O)[C@H]1CCCN1C(=O)c1cccc(NS(=O)(=O)c2ccc(C)cc2C)c1. The Labute approximate surface area is 190 Å². The van der Waals surface area contributed by atoms with Crippen molar-refractivity contribution in [2.45, 2.75) is 63.9 Å². The predicted octanol–water partition coefficient (Wildman–Crippen LogP) is 3.62. The van der Waals surface area contributed by atoms with E-state index in [0.29, 0.717) is 29.8 Å². The Morgan fingerprint density at radius 2 is 1.91 bits per heavy atom. The van der Waals surface area contributed by atoms with Crippen LogP contribution in [0.25, 0.3) is 0 Å². The van der Waals surface area contributed by atoms with Gasteiger partial charge in [-0.25, -0.2) is 8.42 Å². The molecule has 2 atom stereocenters.